The number of benzene rings is 3. The minimum atomic E-state index is -0.330. The maximum Gasteiger partial charge on any atom is 0.255 e. The fraction of sp³-hybridized carbons (Fsp3) is 0. The highest BCUT2D eigenvalue weighted by molar-refractivity contribution is 9.10. The summed E-state index contributed by atoms with van der Waals surface area (Å²) in [6, 6.07) is 22.4. The average molecular weight is 420 g/mol. The van der Waals surface area contributed by atoms with E-state index in [4.69, 9.17) is 5.26 Å². The van der Waals surface area contributed by atoms with E-state index >= 15 is 0 Å². The Morgan fingerprint density at radius 3 is 1.96 bits per heavy atom. The largest absolute Gasteiger partial charge is 0.322 e. The summed E-state index contributed by atoms with van der Waals surface area (Å²) >= 11 is 3.34. The van der Waals surface area contributed by atoms with Crippen LogP contribution < -0.4 is 10.6 Å². The molecule has 0 fully saturated rings. The lowest BCUT2D eigenvalue weighted by Crippen LogP contribution is -2.14. The fourth-order valence-corrected chi connectivity index (χ4v) is 2.84. The Kier molecular flexibility index (Phi) is 5.64. The van der Waals surface area contributed by atoms with E-state index in [-0.39, 0.29) is 11.8 Å². The van der Waals surface area contributed by atoms with Gasteiger partial charge < -0.3 is 10.6 Å². The lowest BCUT2D eigenvalue weighted by Gasteiger charge is -2.09. The average Bonchev–Trinajstić information content (AvgIpc) is 2.68. The molecule has 132 valence electrons. The van der Waals surface area contributed by atoms with Crippen molar-refractivity contribution >= 4 is 39.1 Å². The molecule has 3 rings (SSSR count). The van der Waals surface area contributed by atoms with Gasteiger partial charge in [-0.25, -0.2) is 0 Å². The van der Waals surface area contributed by atoms with Gasteiger partial charge in [0, 0.05) is 27.0 Å². The molecule has 5 nitrogen and oxygen atoms in total. The van der Waals surface area contributed by atoms with Gasteiger partial charge in [0.25, 0.3) is 11.8 Å². The number of carbonyl (C=O) groups is 2. The first-order valence-corrected chi connectivity index (χ1v) is 8.83. The van der Waals surface area contributed by atoms with Crippen molar-refractivity contribution in [3.63, 3.8) is 0 Å². The van der Waals surface area contributed by atoms with Gasteiger partial charge >= 0.3 is 0 Å². The summed E-state index contributed by atoms with van der Waals surface area (Å²) < 4.78 is 0.808. The molecule has 3 aromatic rings. The quantitative estimate of drug-likeness (QED) is 0.635. The van der Waals surface area contributed by atoms with E-state index in [2.05, 4.69) is 26.6 Å². The number of nitrogens with zero attached hydrogens (tertiary/aromatic N) is 1. The first-order chi connectivity index (χ1) is 13.0. The summed E-state index contributed by atoms with van der Waals surface area (Å²) in [6.07, 6.45) is 0. The first kappa shape index (κ1) is 18.4. The zero-order chi connectivity index (χ0) is 19.2. The molecule has 0 spiro atoms. The topological polar surface area (TPSA) is 82.0 Å². The molecule has 2 N–H and O–H groups in total. The van der Waals surface area contributed by atoms with Crippen LogP contribution in [0.1, 0.15) is 26.3 Å². The Bertz CT molecular complexity index is 1060. The Labute approximate surface area is 164 Å². The zero-order valence-electron chi connectivity index (χ0n) is 14.1. The molecule has 0 bridgehead atoms. The molecule has 0 saturated carbocycles. The molecule has 3 aromatic carbocycles. The van der Waals surface area contributed by atoms with Crippen molar-refractivity contribution < 1.29 is 9.59 Å². The molecule has 0 aliphatic carbocycles. The molecule has 0 heterocycles. The van der Waals surface area contributed by atoms with Crippen molar-refractivity contribution in [1.82, 2.24) is 0 Å². The smallest absolute Gasteiger partial charge is 0.255 e. The number of nitrogens with one attached hydrogen (secondary N) is 2. The molecule has 0 aliphatic heterocycles. The van der Waals surface area contributed by atoms with Gasteiger partial charge in [0.15, 0.2) is 0 Å². The summed E-state index contributed by atoms with van der Waals surface area (Å²) in [5, 5.41) is 14.5. The van der Waals surface area contributed by atoms with Gasteiger partial charge in [-0.3, -0.25) is 9.59 Å². The Hall–Kier alpha value is -3.43. The van der Waals surface area contributed by atoms with Gasteiger partial charge in [0.1, 0.15) is 0 Å². The van der Waals surface area contributed by atoms with Gasteiger partial charge in [-0.15, -0.1) is 0 Å². The van der Waals surface area contributed by atoms with Crippen LogP contribution in [0.4, 0.5) is 11.4 Å². The first-order valence-electron chi connectivity index (χ1n) is 8.03. The molecule has 0 aromatic heterocycles. The third-order valence-electron chi connectivity index (χ3n) is 3.72. The van der Waals surface area contributed by atoms with Crippen molar-refractivity contribution in [2.24, 2.45) is 0 Å². The molecule has 0 unspecified atom stereocenters. The maximum atomic E-state index is 12.5. The molecule has 2 amide bonds. The van der Waals surface area contributed by atoms with E-state index < -0.39 is 0 Å². The maximum absolute atomic E-state index is 12.5. The minimum absolute atomic E-state index is 0.268. The van der Waals surface area contributed by atoms with E-state index in [1.165, 1.54) is 0 Å². The fourth-order valence-electron chi connectivity index (χ4n) is 2.44. The van der Waals surface area contributed by atoms with Crippen LogP contribution in [0, 0.1) is 11.3 Å². The summed E-state index contributed by atoms with van der Waals surface area (Å²) in [4.78, 5) is 24.8. The highest BCUT2D eigenvalue weighted by Crippen LogP contribution is 2.17. The lowest BCUT2D eigenvalue weighted by atomic mass is 10.1. The van der Waals surface area contributed by atoms with E-state index in [1.807, 2.05) is 12.1 Å². The molecule has 6 heteroatoms. The minimum Gasteiger partial charge on any atom is -0.322 e. The second kappa shape index (κ2) is 8.30. The van der Waals surface area contributed by atoms with Crippen LogP contribution in [0.2, 0.25) is 0 Å². The van der Waals surface area contributed by atoms with Crippen molar-refractivity contribution in [2.75, 3.05) is 10.6 Å². The standard InChI is InChI=1S/C21H14BrN3O2/c22-17-7-2-5-15(11-17)20(26)25-19-9-3-6-16(12-19)21(27)24-18-8-1-4-14(10-18)13-23/h1-12H,(H,24,27)(H,25,26). The summed E-state index contributed by atoms with van der Waals surface area (Å²) in [5.74, 6) is -0.598. The van der Waals surface area contributed by atoms with Gasteiger partial charge in [0.2, 0.25) is 0 Å². The molecular formula is C21H14BrN3O2. The number of anilines is 2. The van der Waals surface area contributed by atoms with E-state index in [0.29, 0.717) is 28.1 Å². The Balaban J connectivity index is 1.74. The van der Waals surface area contributed by atoms with Crippen LogP contribution in [-0.4, -0.2) is 11.8 Å². The summed E-state index contributed by atoms with van der Waals surface area (Å²) in [5.41, 5.74) is 2.40. The molecular weight excluding hydrogens is 406 g/mol. The molecule has 0 aliphatic rings. The Morgan fingerprint density at radius 1 is 0.778 bits per heavy atom. The second-order valence-electron chi connectivity index (χ2n) is 5.69. The van der Waals surface area contributed by atoms with Gasteiger partial charge in [-0.2, -0.15) is 5.26 Å². The highest BCUT2D eigenvalue weighted by Gasteiger charge is 2.10. The van der Waals surface area contributed by atoms with Crippen molar-refractivity contribution in [3.8, 4) is 6.07 Å². The molecule has 27 heavy (non-hydrogen) atoms. The van der Waals surface area contributed by atoms with Crippen LogP contribution in [0.5, 0.6) is 0 Å². The zero-order valence-corrected chi connectivity index (χ0v) is 15.7. The lowest BCUT2D eigenvalue weighted by molar-refractivity contribution is 0.101. The van der Waals surface area contributed by atoms with E-state index in [9.17, 15) is 9.59 Å². The van der Waals surface area contributed by atoms with Crippen molar-refractivity contribution in [1.29, 1.82) is 5.26 Å². The molecule has 0 saturated heterocycles. The summed E-state index contributed by atoms with van der Waals surface area (Å²) in [6.45, 7) is 0. The number of hydrogen-bond donors (Lipinski definition) is 2. The van der Waals surface area contributed by atoms with Crippen LogP contribution >= 0.6 is 15.9 Å². The van der Waals surface area contributed by atoms with Gasteiger partial charge in [0.05, 0.1) is 11.6 Å². The number of hydrogen-bond acceptors (Lipinski definition) is 3. The van der Waals surface area contributed by atoms with Gasteiger partial charge in [-0.05, 0) is 54.6 Å². The van der Waals surface area contributed by atoms with Gasteiger partial charge in [-0.1, -0.05) is 34.1 Å². The van der Waals surface area contributed by atoms with Crippen molar-refractivity contribution in [2.45, 2.75) is 0 Å². The summed E-state index contributed by atoms with van der Waals surface area (Å²) in [7, 11) is 0. The number of nitriles is 1. The predicted octanol–water partition coefficient (Wildman–Crippen LogP) is 4.83. The SMILES string of the molecule is N#Cc1cccc(NC(=O)c2cccc(NC(=O)c3cccc(Br)c3)c2)c1. The van der Waals surface area contributed by atoms with Crippen LogP contribution in [-0.2, 0) is 0 Å². The Morgan fingerprint density at radius 2 is 1.33 bits per heavy atom. The monoisotopic (exact) mass is 419 g/mol. The second-order valence-corrected chi connectivity index (χ2v) is 6.61. The predicted molar refractivity (Wildman–Crippen MR) is 108 cm³/mol. The number of amides is 2. The number of carbonyl (C=O) groups excluding carboxylic acids is 2. The van der Waals surface area contributed by atoms with Crippen LogP contribution in [0.15, 0.2) is 77.3 Å². The third-order valence-corrected chi connectivity index (χ3v) is 4.21. The number of rotatable bonds is 4. The van der Waals surface area contributed by atoms with E-state index in [0.717, 1.165) is 4.47 Å². The highest BCUT2D eigenvalue weighted by atomic mass is 79.9. The number of halogens is 1. The van der Waals surface area contributed by atoms with E-state index in [1.54, 1.807) is 66.7 Å². The van der Waals surface area contributed by atoms with Crippen LogP contribution in [0.25, 0.3) is 0 Å². The molecule has 0 radical (unpaired) electrons. The normalized spacial score (nSPS) is 9.93. The van der Waals surface area contributed by atoms with Crippen LogP contribution in [0.3, 0.4) is 0 Å². The van der Waals surface area contributed by atoms with Crippen molar-refractivity contribution in [3.05, 3.63) is 94.0 Å². The molecule has 0 atom stereocenters. The third kappa shape index (κ3) is 4.81.